The van der Waals surface area contributed by atoms with Crippen molar-refractivity contribution in [1.29, 1.82) is 0 Å². The number of hydrogen-bond donors (Lipinski definition) is 1. The molecule has 3 aliphatic rings. The molecule has 1 aromatic carbocycles. The van der Waals surface area contributed by atoms with Crippen molar-refractivity contribution in [3.8, 4) is 0 Å². The number of para-hydroxylation sites is 2. The lowest BCUT2D eigenvalue weighted by Crippen LogP contribution is -2.53. The summed E-state index contributed by atoms with van der Waals surface area (Å²) in [6, 6.07) is 10.0. The molecule has 3 saturated heterocycles. The third kappa shape index (κ3) is 3.44. The fraction of sp³-hybridized carbons (Fsp3) is 0.400. The SMILES string of the molecule is CC(=O)NCC1CN(c2ccccc2[N+]23CC[N@+](c4ccc([N+](=O)[O-])s4)(O2)C(F)C3)C(=O)O1. The van der Waals surface area contributed by atoms with Gasteiger partial charge in [0.15, 0.2) is 18.8 Å². The predicted molar refractivity (Wildman–Crippen MR) is 118 cm³/mol. The Morgan fingerprint density at radius 1 is 1.33 bits per heavy atom. The highest BCUT2D eigenvalue weighted by molar-refractivity contribution is 7.19. The van der Waals surface area contributed by atoms with Crippen LogP contribution in [0.1, 0.15) is 6.92 Å². The highest BCUT2D eigenvalue weighted by atomic mass is 32.1. The van der Waals surface area contributed by atoms with Crippen LogP contribution in [0.4, 0.5) is 30.6 Å². The highest BCUT2D eigenvalue weighted by Crippen LogP contribution is 2.51. The molecule has 13 heteroatoms. The number of carbonyl (C=O) groups is 2. The molecule has 11 nitrogen and oxygen atoms in total. The molecule has 0 spiro atoms. The van der Waals surface area contributed by atoms with Crippen molar-refractivity contribution in [3.05, 3.63) is 46.5 Å². The first-order valence-corrected chi connectivity index (χ1v) is 11.2. The molecule has 174 valence electrons. The number of hydrogen-bond acceptors (Lipinski definition) is 7. The Kier molecular flexibility index (Phi) is 5.08. The van der Waals surface area contributed by atoms with Crippen LogP contribution in [-0.4, -0.2) is 62.0 Å². The third-order valence-corrected chi connectivity index (χ3v) is 7.34. The summed E-state index contributed by atoms with van der Waals surface area (Å²) in [4.78, 5) is 42.2. The average molecular weight is 479 g/mol. The third-order valence-electron chi connectivity index (χ3n) is 6.19. The monoisotopic (exact) mass is 479 g/mol. The number of nitro groups is 1. The number of hydroxylamine groups is 4. The van der Waals surface area contributed by atoms with Crippen molar-refractivity contribution in [2.45, 2.75) is 19.3 Å². The zero-order chi connectivity index (χ0) is 23.4. The van der Waals surface area contributed by atoms with Crippen molar-refractivity contribution < 1.29 is 28.6 Å². The van der Waals surface area contributed by atoms with E-state index in [9.17, 15) is 19.7 Å². The van der Waals surface area contributed by atoms with Crippen LogP contribution < -0.4 is 19.5 Å². The van der Waals surface area contributed by atoms with E-state index in [4.69, 9.17) is 9.68 Å². The van der Waals surface area contributed by atoms with E-state index in [0.717, 1.165) is 11.3 Å². The van der Waals surface area contributed by atoms with E-state index in [0.29, 0.717) is 29.5 Å². The van der Waals surface area contributed by atoms with Crippen LogP contribution in [-0.2, 0) is 14.5 Å². The Morgan fingerprint density at radius 3 is 2.82 bits per heavy atom. The van der Waals surface area contributed by atoms with E-state index in [1.165, 1.54) is 24.0 Å². The number of halogens is 1. The first-order chi connectivity index (χ1) is 15.7. The van der Waals surface area contributed by atoms with Gasteiger partial charge in [0.2, 0.25) is 17.5 Å². The van der Waals surface area contributed by atoms with Crippen LogP contribution in [0.5, 0.6) is 0 Å². The van der Waals surface area contributed by atoms with Gasteiger partial charge in [0.25, 0.3) is 0 Å². The number of nitrogens with one attached hydrogen (secondary N) is 1. The maximum Gasteiger partial charge on any atom is 0.415 e. The largest absolute Gasteiger partial charge is 0.442 e. The summed E-state index contributed by atoms with van der Waals surface area (Å²) in [6.45, 7) is 2.54. The van der Waals surface area contributed by atoms with Crippen LogP contribution in [0.15, 0.2) is 36.4 Å². The molecule has 1 aromatic heterocycles. The topological polar surface area (TPSA) is 111 Å². The van der Waals surface area contributed by atoms with E-state index >= 15 is 4.39 Å². The Bertz CT molecular complexity index is 1150. The summed E-state index contributed by atoms with van der Waals surface area (Å²) >= 11 is 0.903. The van der Waals surface area contributed by atoms with Crippen molar-refractivity contribution in [1.82, 2.24) is 14.6 Å². The van der Waals surface area contributed by atoms with Gasteiger partial charge in [-0.1, -0.05) is 16.8 Å². The molecule has 4 heterocycles. The van der Waals surface area contributed by atoms with Crippen molar-refractivity contribution >= 4 is 44.7 Å². The second-order valence-corrected chi connectivity index (χ2v) is 9.28. The Balaban J connectivity index is 1.45. The number of rotatable bonds is 6. The molecular weight excluding hydrogens is 457 g/mol. The first kappa shape index (κ1) is 21.7. The molecule has 0 saturated carbocycles. The Labute approximate surface area is 191 Å². The zero-order valence-corrected chi connectivity index (χ0v) is 18.5. The van der Waals surface area contributed by atoms with Gasteiger partial charge in [-0.3, -0.25) is 19.8 Å². The molecule has 0 radical (unpaired) electrons. The molecule has 0 aliphatic carbocycles. The van der Waals surface area contributed by atoms with Gasteiger partial charge in [-0.25, -0.2) is 4.79 Å². The maximum absolute atomic E-state index is 15.4. The van der Waals surface area contributed by atoms with Gasteiger partial charge >= 0.3 is 17.4 Å². The summed E-state index contributed by atoms with van der Waals surface area (Å²) < 4.78 is 20.2. The Morgan fingerprint density at radius 2 is 2.12 bits per heavy atom. The maximum atomic E-state index is 15.4. The van der Waals surface area contributed by atoms with Crippen LogP contribution in [0.3, 0.4) is 0 Å². The lowest BCUT2D eigenvalue weighted by molar-refractivity contribution is -0.380. The number of alkyl halides is 1. The minimum Gasteiger partial charge on any atom is -0.442 e. The summed E-state index contributed by atoms with van der Waals surface area (Å²) in [5, 5.41) is 14.1. The predicted octanol–water partition coefficient (Wildman–Crippen LogP) is 2.60. The number of piperazine rings is 1. The second-order valence-electron chi connectivity index (χ2n) is 8.24. The molecule has 2 amide bonds. The number of anilines is 1. The van der Waals surface area contributed by atoms with E-state index < -0.39 is 28.1 Å². The van der Waals surface area contributed by atoms with Gasteiger partial charge in [0.05, 0.1) is 18.0 Å². The molecule has 4 atom stereocenters. The lowest BCUT2D eigenvalue weighted by atomic mass is 10.2. The zero-order valence-electron chi connectivity index (χ0n) is 17.7. The van der Waals surface area contributed by atoms with Gasteiger partial charge in [-0.05, 0) is 22.0 Å². The summed E-state index contributed by atoms with van der Waals surface area (Å²) in [6.07, 6.45) is -2.49. The van der Waals surface area contributed by atoms with Crippen molar-refractivity contribution in [2.75, 3.05) is 37.6 Å². The number of nitrogens with zero attached hydrogens (tertiary/aromatic N) is 4. The van der Waals surface area contributed by atoms with E-state index in [-0.39, 0.29) is 35.2 Å². The van der Waals surface area contributed by atoms with Crippen molar-refractivity contribution in [2.24, 2.45) is 0 Å². The molecule has 2 bridgehead atoms. The Hall–Kier alpha value is -3.13. The van der Waals surface area contributed by atoms with Gasteiger partial charge in [0, 0.05) is 30.1 Å². The van der Waals surface area contributed by atoms with Gasteiger partial charge < -0.3 is 10.1 Å². The molecule has 2 aromatic rings. The summed E-state index contributed by atoms with van der Waals surface area (Å²) in [7, 11) is 0. The van der Waals surface area contributed by atoms with Crippen molar-refractivity contribution in [3.63, 3.8) is 0 Å². The quantitative estimate of drug-likeness (QED) is 0.295. The van der Waals surface area contributed by atoms with Gasteiger partial charge in [-0.2, -0.15) is 4.39 Å². The van der Waals surface area contributed by atoms with E-state index in [2.05, 4.69) is 5.32 Å². The highest BCUT2D eigenvalue weighted by Gasteiger charge is 2.70. The van der Waals surface area contributed by atoms with Gasteiger partial charge in [0.1, 0.15) is 11.8 Å². The number of benzene rings is 1. The summed E-state index contributed by atoms with van der Waals surface area (Å²) in [5.41, 5.74) is 1.15. The standard InChI is InChI=1S/C20H21FN5O6S/c1-13(27)22-10-14-11-23(20(28)31-14)15-4-2-3-5-16(15)25-8-9-26(32-25,17(21)12-25)19-7-6-18(33-19)24(29)30/h2-7,14,17H,8-12H2,1H3/q+1/p+1/t14?,17?,25?,26-/m0/s1. The van der Waals surface area contributed by atoms with Crippen LogP contribution in [0.25, 0.3) is 0 Å². The number of cyclic esters (lactones) is 1. The smallest absolute Gasteiger partial charge is 0.415 e. The molecular formula is C20H22FN5O6S+2. The molecule has 3 fully saturated rings. The van der Waals surface area contributed by atoms with Crippen LogP contribution >= 0.6 is 11.3 Å². The molecule has 33 heavy (non-hydrogen) atoms. The second kappa shape index (κ2) is 7.73. The molecule has 5 rings (SSSR count). The molecule has 3 aliphatic heterocycles. The number of carbonyl (C=O) groups excluding carboxylic acids is 2. The fourth-order valence-corrected chi connectivity index (χ4v) is 5.61. The number of fused-ring (bicyclic) bond motifs is 2. The minimum atomic E-state index is -1.43. The number of amides is 2. The van der Waals surface area contributed by atoms with Crippen LogP contribution in [0.2, 0.25) is 0 Å². The number of quaternary nitrogens is 2. The normalized spacial score (nSPS) is 30.5. The first-order valence-electron chi connectivity index (χ1n) is 10.4. The number of ether oxygens (including phenoxy) is 1. The molecule has 3 unspecified atom stereocenters. The molecule has 1 N–H and O–H groups in total. The fourth-order valence-electron chi connectivity index (χ4n) is 4.65. The lowest BCUT2D eigenvalue weighted by Gasteiger charge is -2.25. The van der Waals surface area contributed by atoms with Gasteiger partial charge in [-0.15, -0.1) is 0 Å². The minimum absolute atomic E-state index is 0.000912. The van der Waals surface area contributed by atoms with E-state index in [1.54, 1.807) is 24.3 Å². The van der Waals surface area contributed by atoms with Crippen LogP contribution in [0, 0.1) is 10.1 Å². The summed E-state index contributed by atoms with van der Waals surface area (Å²) in [5.74, 6) is -0.220. The average Bonchev–Trinajstić information content (AvgIpc) is 3.54. The number of thiophene rings is 1. The van der Waals surface area contributed by atoms with E-state index in [1.807, 2.05) is 0 Å².